The maximum Gasteiger partial charge on any atom is 0.337 e. The van der Waals surface area contributed by atoms with Crippen molar-refractivity contribution >= 4 is 90.6 Å². The lowest BCUT2D eigenvalue weighted by atomic mass is 9.93. The van der Waals surface area contributed by atoms with Gasteiger partial charge in [-0.1, -0.05) is 18.2 Å². The molecule has 4 aromatic rings. The van der Waals surface area contributed by atoms with Gasteiger partial charge in [0, 0.05) is 39.9 Å². The van der Waals surface area contributed by atoms with Gasteiger partial charge in [0.2, 0.25) is 0 Å². The molecule has 27 heteroatoms. The highest BCUT2D eigenvalue weighted by Gasteiger charge is 2.30. The standard InChI is InChI=1S/C33H22N2O20S5/c36-32(37)18-7-5-15(9-27(18)57(43,44)45)34-22-13-24-20(11-29(22)59(49,50)51)31(17-3-1-2-4-26(17)56(40,41)42)21-12-30(60(52,53)54)23(14-25(21)55-24)35-16-6-8-19(33(38)39)28(10-16)58(46,47)48/h1-14,34H,(H,36,37)(H,38,39)(H,40,41,42)(H,43,44,45)(H,46,47,48)(H,49,50,51)(H,52,53,54). The van der Waals surface area contributed by atoms with Crippen LogP contribution in [0.3, 0.4) is 0 Å². The predicted molar refractivity (Wildman–Crippen MR) is 203 cm³/mol. The minimum Gasteiger partial charge on any atom is -0.478 e. The molecular weight excluding hydrogens is 905 g/mol. The van der Waals surface area contributed by atoms with Gasteiger partial charge in [0.15, 0.2) is 0 Å². The Bertz CT molecular complexity index is 3490. The first kappa shape index (κ1) is 43.4. The molecule has 1 aliphatic carbocycles. The van der Waals surface area contributed by atoms with Crippen molar-refractivity contribution in [1.29, 1.82) is 0 Å². The van der Waals surface area contributed by atoms with Crippen LogP contribution in [0.1, 0.15) is 20.7 Å². The summed E-state index contributed by atoms with van der Waals surface area (Å²) in [5.74, 6) is -4.04. The molecule has 0 radical (unpaired) electrons. The highest BCUT2D eigenvalue weighted by molar-refractivity contribution is 7.87. The normalized spacial score (nSPS) is 13.1. The minimum absolute atomic E-state index is 0.397. The number of nitrogens with zero attached hydrogens (tertiary/aromatic N) is 1. The Morgan fingerprint density at radius 3 is 1.62 bits per heavy atom. The number of hydrogen-bond donors (Lipinski definition) is 8. The van der Waals surface area contributed by atoms with Gasteiger partial charge in [-0.05, 0) is 54.6 Å². The van der Waals surface area contributed by atoms with Crippen molar-refractivity contribution in [3.8, 4) is 22.5 Å². The third-order valence-electron chi connectivity index (χ3n) is 8.38. The van der Waals surface area contributed by atoms with E-state index in [4.69, 9.17) is 4.42 Å². The molecule has 0 aromatic heterocycles. The maximum absolute atomic E-state index is 12.9. The molecule has 60 heavy (non-hydrogen) atoms. The third kappa shape index (κ3) is 8.60. The summed E-state index contributed by atoms with van der Waals surface area (Å²) in [7, 11) is -26.4. The molecule has 0 unspecified atom stereocenters. The summed E-state index contributed by atoms with van der Waals surface area (Å²) in [6.45, 7) is 0. The second-order valence-corrected chi connectivity index (χ2v) is 19.2. The number of hydrogen-bond acceptors (Lipinski definition) is 15. The van der Waals surface area contributed by atoms with E-state index in [2.05, 4.69) is 10.3 Å². The molecule has 0 saturated carbocycles. The minimum atomic E-state index is -5.40. The molecule has 0 saturated heterocycles. The van der Waals surface area contributed by atoms with Crippen LogP contribution in [0.5, 0.6) is 0 Å². The molecule has 6 rings (SSSR count). The quantitative estimate of drug-likeness (QED) is 0.0676. The topological polar surface area (TPSA) is 384 Å². The summed E-state index contributed by atoms with van der Waals surface area (Å²) >= 11 is 0. The van der Waals surface area contributed by atoms with Crippen LogP contribution in [-0.4, -0.2) is 87.0 Å². The monoisotopic (exact) mass is 926 g/mol. The van der Waals surface area contributed by atoms with Crippen molar-refractivity contribution in [3.05, 3.63) is 101 Å². The Morgan fingerprint density at radius 1 is 0.533 bits per heavy atom. The summed E-state index contributed by atoms with van der Waals surface area (Å²) in [5.41, 5.74) is -5.15. The summed E-state index contributed by atoms with van der Waals surface area (Å²) < 4.78 is 181. The summed E-state index contributed by atoms with van der Waals surface area (Å²) in [5, 5.41) is 20.1. The number of fused-ring (bicyclic) bond motifs is 2. The predicted octanol–water partition coefficient (Wildman–Crippen LogP) is 3.81. The van der Waals surface area contributed by atoms with Crippen molar-refractivity contribution in [3.63, 3.8) is 0 Å². The van der Waals surface area contributed by atoms with Crippen LogP contribution < -0.4 is 10.7 Å². The zero-order chi connectivity index (χ0) is 44.5. The van der Waals surface area contributed by atoms with E-state index < -0.39 is 154 Å². The zero-order valence-corrected chi connectivity index (χ0v) is 33.1. The van der Waals surface area contributed by atoms with Gasteiger partial charge in [0.05, 0.1) is 27.9 Å². The Hall–Kier alpha value is -6.14. The van der Waals surface area contributed by atoms with Crippen LogP contribution in [0, 0.1) is 0 Å². The van der Waals surface area contributed by atoms with Crippen LogP contribution in [0.25, 0.3) is 33.4 Å². The highest BCUT2D eigenvalue weighted by atomic mass is 32.2. The van der Waals surface area contributed by atoms with Crippen LogP contribution in [-0.2, 0) is 50.6 Å². The van der Waals surface area contributed by atoms with Crippen molar-refractivity contribution < 1.29 is 89.1 Å². The average molecular weight is 927 g/mol. The number of nitrogens with one attached hydrogen (secondary N) is 1. The first-order valence-corrected chi connectivity index (χ1v) is 22.9. The van der Waals surface area contributed by atoms with E-state index in [0.29, 0.717) is 30.3 Å². The van der Waals surface area contributed by atoms with E-state index >= 15 is 0 Å². The van der Waals surface area contributed by atoms with Gasteiger partial charge in [0.1, 0.15) is 35.8 Å². The van der Waals surface area contributed by atoms with E-state index in [1.807, 2.05) is 0 Å². The van der Waals surface area contributed by atoms with Crippen LogP contribution in [0.15, 0.2) is 119 Å². The van der Waals surface area contributed by atoms with Gasteiger partial charge in [0.25, 0.3) is 50.6 Å². The van der Waals surface area contributed by atoms with Gasteiger partial charge < -0.3 is 19.9 Å². The summed E-state index contributed by atoms with van der Waals surface area (Å²) in [4.78, 5) is 21.9. The van der Waals surface area contributed by atoms with E-state index in [1.165, 1.54) is 12.1 Å². The Morgan fingerprint density at radius 2 is 1.07 bits per heavy atom. The molecule has 1 heterocycles. The van der Waals surface area contributed by atoms with E-state index in [1.54, 1.807) is 0 Å². The number of carboxylic acids is 2. The van der Waals surface area contributed by atoms with E-state index in [0.717, 1.165) is 42.5 Å². The fourth-order valence-corrected chi connectivity index (χ4v) is 9.38. The summed E-state index contributed by atoms with van der Waals surface area (Å²) in [6, 6.07) is 11.9. The molecule has 0 fully saturated rings. The van der Waals surface area contributed by atoms with Crippen molar-refractivity contribution in [2.24, 2.45) is 4.99 Å². The third-order valence-corrected chi connectivity index (χ3v) is 12.9. The maximum atomic E-state index is 12.9. The molecule has 0 atom stereocenters. The molecule has 314 valence electrons. The number of carboxylic acid groups (broad SMARTS) is 2. The molecule has 8 N–H and O–H groups in total. The zero-order valence-electron chi connectivity index (χ0n) is 29.0. The van der Waals surface area contributed by atoms with Gasteiger partial charge in [-0.3, -0.25) is 22.8 Å². The Balaban J connectivity index is 1.78. The fourth-order valence-electron chi connectivity index (χ4n) is 5.98. The smallest absolute Gasteiger partial charge is 0.337 e. The molecule has 4 aromatic carbocycles. The highest BCUT2D eigenvalue weighted by Crippen LogP contribution is 2.45. The second-order valence-electron chi connectivity index (χ2n) is 12.2. The van der Waals surface area contributed by atoms with Gasteiger partial charge in [-0.25, -0.2) is 14.6 Å². The molecule has 2 aliphatic rings. The van der Waals surface area contributed by atoms with Gasteiger partial charge in [-0.15, -0.1) is 0 Å². The average Bonchev–Trinajstić information content (AvgIpc) is 3.11. The molecule has 1 aliphatic heterocycles. The van der Waals surface area contributed by atoms with Gasteiger partial charge in [-0.2, -0.15) is 42.1 Å². The molecule has 0 amide bonds. The molecule has 0 spiro atoms. The first-order chi connectivity index (χ1) is 27.6. The lowest BCUT2D eigenvalue weighted by Crippen LogP contribution is -2.16. The number of aromatic carboxylic acids is 2. The number of rotatable bonds is 11. The number of anilines is 2. The van der Waals surface area contributed by atoms with E-state index in [9.17, 15) is 84.7 Å². The molecular formula is C33H22N2O20S5. The summed E-state index contributed by atoms with van der Waals surface area (Å²) in [6.07, 6.45) is 0. The van der Waals surface area contributed by atoms with Gasteiger partial charge >= 0.3 is 11.9 Å². The Kier molecular flexibility index (Phi) is 10.7. The van der Waals surface area contributed by atoms with Crippen LogP contribution in [0.2, 0.25) is 0 Å². The SMILES string of the molecule is O=C(O)c1ccc(N=c2cc3oc4cc(Nc5ccc(C(=O)O)c(S(=O)(=O)O)c5)c(S(=O)(=O)O)cc4c(-c4ccccc4S(=O)(=O)O)c-3cc2S(=O)(=O)O)cc1S(=O)(=O)O. The number of carbonyl (C=O) groups is 2. The van der Waals surface area contributed by atoms with E-state index in [-0.39, 0.29) is 0 Å². The fraction of sp³-hybridized carbons (Fsp3) is 0. The Labute approximate surface area is 336 Å². The molecule has 22 nitrogen and oxygen atoms in total. The first-order valence-electron chi connectivity index (χ1n) is 15.7. The van der Waals surface area contributed by atoms with Crippen molar-refractivity contribution in [2.75, 3.05) is 5.32 Å². The largest absolute Gasteiger partial charge is 0.478 e. The van der Waals surface area contributed by atoms with Crippen molar-refractivity contribution in [1.82, 2.24) is 0 Å². The second kappa shape index (κ2) is 14.8. The lowest BCUT2D eigenvalue weighted by Gasteiger charge is -2.20. The van der Waals surface area contributed by atoms with Crippen molar-refractivity contribution in [2.45, 2.75) is 24.5 Å². The van der Waals surface area contributed by atoms with Crippen LogP contribution in [0.4, 0.5) is 17.1 Å². The number of benzene rings is 5. The lowest BCUT2D eigenvalue weighted by molar-refractivity contribution is 0.0682. The molecule has 0 bridgehead atoms. The van der Waals surface area contributed by atoms with Crippen LogP contribution >= 0.6 is 0 Å².